The monoisotopic (exact) mass is 244 g/mol. The van der Waals surface area contributed by atoms with Gasteiger partial charge in [-0.25, -0.2) is 9.59 Å². The first-order valence-electron chi connectivity index (χ1n) is 6.01. The molecular weight excluding hydrogens is 224 g/mol. The number of hydrogen-bond acceptors (Lipinski definition) is 3. The summed E-state index contributed by atoms with van der Waals surface area (Å²) < 4.78 is 0. The Bertz CT molecular complexity index is 279. The first-order valence-corrected chi connectivity index (χ1v) is 6.01. The zero-order valence-electron chi connectivity index (χ0n) is 10.1. The van der Waals surface area contributed by atoms with Gasteiger partial charge in [0.1, 0.15) is 0 Å². The number of aliphatic hydroxyl groups is 1. The summed E-state index contributed by atoms with van der Waals surface area (Å²) in [6, 6.07) is 0.0183. The molecule has 6 heteroatoms. The first-order chi connectivity index (χ1) is 8.06. The average Bonchev–Trinajstić information content (AvgIpc) is 3.10. The first kappa shape index (κ1) is 13.8. The van der Waals surface area contributed by atoms with Crippen LogP contribution in [-0.2, 0) is 4.79 Å². The van der Waals surface area contributed by atoms with Gasteiger partial charge in [0.05, 0.1) is 6.54 Å². The van der Waals surface area contributed by atoms with Gasteiger partial charge in [-0.2, -0.15) is 0 Å². The third-order valence-electron chi connectivity index (χ3n) is 2.73. The number of carbonyl (C=O) groups excluding carboxylic acids is 1. The Morgan fingerprint density at radius 3 is 2.59 bits per heavy atom. The number of aliphatic carboxylic acids is 1. The van der Waals surface area contributed by atoms with E-state index in [1.165, 1.54) is 0 Å². The Kier molecular flexibility index (Phi) is 5.21. The Morgan fingerprint density at radius 2 is 2.12 bits per heavy atom. The van der Waals surface area contributed by atoms with Gasteiger partial charge in [-0.05, 0) is 19.3 Å². The van der Waals surface area contributed by atoms with E-state index in [-0.39, 0.29) is 12.6 Å². The fourth-order valence-electron chi connectivity index (χ4n) is 1.54. The number of carboxylic acid groups (broad SMARTS) is 1. The molecule has 98 valence electrons. The largest absolute Gasteiger partial charge is 0.479 e. The van der Waals surface area contributed by atoms with E-state index in [2.05, 4.69) is 12.2 Å². The number of nitrogens with one attached hydrogen (secondary N) is 1. The number of hydrogen-bond donors (Lipinski definition) is 3. The van der Waals surface area contributed by atoms with E-state index < -0.39 is 12.1 Å². The molecule has 3 N–H and O–H groups in total. The van der Waals surface area contributed by atoms with Crippen LogP contribution in [0.4, 0.5) is 4.79 Å². The van der Waals surface area contributed by atoms with Gasteiger partial charge < -0.3 is 20.4 Å². The van der Waals surface area contributed by atoms with Crippen molar-refractivity contribution in [2.45, 2.75) is 44.8 Å². The molecule has 0 unspecified atom stereocenters. The maximum absolute atomic E-state index is 11.8. The zero-order valence-corrected chi connectivity index (χ0v) is 10.1. The summed E-state index contributed by atoms with van der Waals surface area (Å²) >= 11 is 0. The number of carbonyl (C=O) groups is 2. The Labute approximate surface area is 101 Å². The maximum Gasteiger partial charge on any atom is 0.334 e. The summed E-state index contributed by atoms with van der Waals surface area (Å²) in [5.41, 5.74) is 0. The predicted molar refractivity (Wildman–Crippen MR) is 61.7 cm³/mol. The molecule has 0 aromatic rings. The number of unbranched alkanes of at least 4 members (excludes halogenated alkanes) is 1. The van der Waals surface area contributed by atoms with Gasteiger partial charge in [-0.1, -0.05) is 13.3 Å². The van der Waals surface area contributed by atoms with Crippen molar-refractivity contribution < 1.29 is 19.8 Å². The Hall–Kier alpha value is -1.30. The molecule has 0 radical (unpaired) electrons. The van der Waals surface area contributed by atoms with Crippen LogP contribution in [0.15, 0.2) is 0 Å². The fraction of sp³-hybridized carbons (Fsp3) is 0.818. The second kappa shape index (κ2) is 6.44. The molecule has 1 aliphatic carbocycles. The summed E-state index contributed by atoms with van der Waals surface area (Å²) in [6.45, 7) is 2.50. The van der Waals surface area contributed by atoms with Crippen molar-refractivity contribution in [1.29, 1.82) is 0 Å². The summed E-state index contributed by atoms with van der Waals surface area (Å²) in [6.07, 6.45) is 2.43. The van der Waals surface area contributed by atoms with Crippen LogP contribution < -0.4 is 5.32 Å². The number of amides is 2. The van der Waals surface area contributed by atoms with Crippen molar-refractivity contribution in [3.05, 3.63) is 0 Å². The van der Waals surface area contributed by atoms with E-state index in [1.54, 1.807) is 4.90 Å². The topological polar surface area (TPSA) is 89.9 Å². The fourth-order valence-corrected chi connectivity index (χ4v) is 1.54. The molecule has 17 heavy (non-hydrogen) atoms. The lowest BCUT2D eigenvalue weighted by Gasteiger charge is -2.23. The molecule has 0 bridgehead atoms. The quantitative estimate of drug-likeness (QED) is 0.605. The van der Waals surface area contributed by atoms with Crippen LogP contribution in [0.25, 0.3) is 0 Å². The lowest BCUT2D eigenvalue weighted by molar-refractivity contribution is -0.146. The molecule has 1 atom stereocenters. The molecule has 1 rings (SSSR count). The van der Waals surface area contributed by atoms with Crippen LogP contribution in [0.5, 0.6) is 0 Å². The molecule has 0 heterocycles. The molecule has 0 saturated heterocycles. The van der Waals surface area contributed by atoms with Gasteiger partial charge in [0.25, 0.3) is 0 Å². The second-order valence-electron chi connectivity index (χ2n) is 4.32. The van der Waals surface area contributed by atoms with E-state index in [9.17, 15) is 9.59 Å². The molecule has 2 amide bonds. The number of aliphatic hydroxyl groups excluding tert-OH is 1. The molecule has 1 fully saturated rings. The molecular formula is C11H20N2O4. The van der Waals surface area contributed by atoms with Crippen LogP contribution in [0.3, 0.4) is 0 Å². The lowest BCUT2D eigenvalue weighted by atomic mass is 10.3. The minimum Gasteiger partial charge on any atom is -0.479 e. The van der Waals surface area contributed by atoms with E-state index in [4.69, 9.17) is 10.2 Å². The minimum absolute atomic E-state index is 0.247. The van der Waals surface area contributed by atoms with Crippen molar-refractivity contribution in [2.24, 2.45) is 0 Å². The van der Waals surface area contributed by atoms with Crippen LogP contribution in [-0.4, -0.2) is 52.3 Å². The van der Waals surface area contributed by atoms with E-state index in [0.717, 1.165) is 25.7 Å². The molecule has 0 spiro atoms. The highest BCUT2D eigenvalue weighted by Gasteiger charge is 2.32. The lowest BCUT2D eigenvalue weighted by Crippen LogP contribution is -2.45. The van der Waals surface area contributed by atoms with Crippen LogP contribution in [0, 0.1) is 0 Å². The summed E-state index contributed by atoms with van der Waals surface area (Å²) in [5, 5.41) is 20.0. The molecule has 1 aliphatic rings. The van der Waals surface area contributed by atoms with E-state index in [1.807, 2.05) is 0 Å². The average molecular weight is 244 g/mol. The van der Waals surface area contributed by atoms with Crippen molar-refractivity contribution in [3.8, 4) is 0 Å². The number of nitrogens with zero attached hydrogens (tertiary/aromatic N) is 1. The molecule has 0 aromatic carbocycles. The van der Waals surface area contributed by atoms with Crippen molar-refractivity contribution in [2.75, 3.05) is 13.1 Å². The number of rotatable bonds is 7. The predicted octanol–water partition coefficient (Wildman–Crippen LogP) is 0.406. The Balaban J connectivity index is 2.34. The second-order valence-corrected chi connectivity index (χ2v) is 4.32. The number of urea groups is 1. The standard InChI is InChI=1S/C11H20N2O4/c1-2-3-6-13(8-4-5-8)11(17)12-7-9(14)10(15)16/h8-9,14H,2-7H2,1H3,(H,12,17)(H,15,16)/t9-/m0/s1. The highest BCUT2D eigenvalue weighted by Crippen LogP contribution is 2.27. The van der Waals surface area contributed by atoms with E-state index >= 15 is 0 Å². The Morgan fingerprint density at radius 1 is 1.47 bits per heavy atom. The zero-order chi connectivity index (χ0) is 12.8. The third-order valence-corrected chi connectivity index (χ3v) is 2.73. The molecule has 1 saturated carbocycles. The van der Waals surface area contributed by atoms with Crippen LogP contribution in [0.2, 0.25) is 0 Å². The van der Waals surface area contributed by atoms with Gasteiger partial charge in [-0.3, -0.25) is 0 Å². The highest BCUT2D eigenvalue weighted by atomic mass is 16.4. The third kappa shape index (κ3) is 4.60. The minimum atomic E-state index is -1.54. The molecule has 0 aliphatic heterocycles. The van der Waals surface area contributed by atoms with Gasteiger partial charge in [0.2, 0.25) is 0 Å². The van der Waals surface area contributed by atoms with Gasteiger partial charge in [0.15, 0.2) is 6.10 Å². The smallest absolute Gasteiger partial charge is 0.334 e. The van der Waals surface area contributed by atoms with Gasteiger partial charge >= 0.3 is 12.0 Å². The normalized spacial score (nSPS) is 16.4. The van der Waals surface area contributed by atoms with Crippen molar-refractivity contribution in [3.63, 3.8) is 0 Å². The maximum atomic E-state index is 11.8. The highest BCUT2D eigenvalue weighted by molar-refractivity contribution is 5.77. The van der Waals surface area contributed by atoms with Gasteiger partial charge in [0, 0.05) is 12.6 Å². The summed E-state index contributed by atoms with van der Waals surface area (Å²) in [7, 11) is 0. The van der Waals surface area contributed by atoms with Crippen molar-refractivity contribution in [1.82, 2.24) is 10.2 Å². The SMILES string of the molecule is CCCCN(C(=O)NC[C@H](O)C(=O)O)C1CC1. The van der Waals surface area contributed by atoms with Crippen molar-refractivity contribution >= 4 is 12.0 Å². The van der Waals surface area contributed by atoms with Gasteiger partial charge in [-0.15, -0.1) is 0 Å². The summed E-state index contributed by atoms with van der Waals surface area (Å²) in [5.74, 6) is -1.32. The van der Waals surface area contributed by atoms with Crippen LogP contribution in [0.1, 0.15) is 32.6 Å². The molecule has 0 aromatic heterocycles. The van der Waals surface area contributed by atoms with Crippen LogP contribution >= 0.6 is 0 Å². The van der Waals surface area contributed by atoms with E-state index in [0.29, 0.717) is 12.6 Å². The number of carboxylic acids is 1. The summed E-state index contributed by atoms with van der Waals surface area (Å²) in [4.78, 5) is 23.9. The molecule has 6 nitrogen and oxygen atoms in total.